The number of anilines is 1. The molecule has 0 fully saturated rings. The summed E-state index contributed by atoms with van der Waals surface area (Å²) in [6.45, 7) is 3.96. The van der Waals surface area contributed by atoms with Gasteiger partial charge in [-0.2, -0.15) is 0 Å². The molecule has 0 amide bonds. The largest absolute Gasteiger partial charge is 0.478 e. The third-order valence-corrected chi connectivity index (χ3v) is 3.08. The Morgan fingerprint density at radius 3 is 2.58 bits per heavy atom. The van der Waals surface area contributed by atoms with Crippen LogP contribution in [-0.2, 0) is 0 Å². The molecular weight excluding hydrogens is 240 g/mol. The molecule has 4 heteroatoms. The van der Waals surface area contributed by atoms with E-state index in [0.717, 1.165) is 16.7 Å². The van der Waals surface area contributed by atoms with Gasteiger partial charge in [0.2, 0.25) is 0 Å². The zero-order valence-corrected chi connectivity index (χ0v) is 11.2. The summed E-state index contributed by atoms with van der Waals surface area (Å²) in [5, 5.41) is 12.2. The molecule has 0 saturated carbocycles. The number of nitrogens with zero attached hydrogens (tertiary/aromatic N) is 1. The van der Waals surface area contributed by atoms with Gasteiger partial charge >= 0.3 is 5.97 Å². The topological polar surface area (TPSA) is 62.2 Å². The monoisotopic (exact) mass is 256 g/mol. The van der Waals surface area contributed by atoms with Gasteiger partial charge in [0.25, 0.3) is 0 Å². The van der Waals surface area contributed by atoms with Crippen molar-refractivity contribution in [3.8, 4) is 11.1 Å². The average Bonchev–Trinajstić information content (AvgIpc) is 2.40. The molecule has 0 bridgehead atoms. The highest BCUT2D eigenvalue weighted by Gasteiger charge is 2.18. The maximum Gasteiger partial charge on any atom is 0.340 e. The number of nitrogens with one attached hydrogen (secondary N) is 1. The molecule has 0 aliphatic rings. The molecule has 2 rings (SSSR count). The number of aromatic nitrogens is 1. The summed E-state index contributed by atoms with van der Waals surface area (Å²) in [6.07, 6.45) is 1.62. The summed E-state index contributed by atoms with van der Waals surface area (Å²) in [6, 6.07) is 7.75. The van der Waals surface area contributed by atoms with Crippen LogP contribution in [0.5, 0.6) is 0 Å². The van der Waals surface area contributed by atoms with Crippen LogP contribution in [-0.4, -0.2) is 23.1 Å². The third-order valence-electron chi connectivity index (χ3n) is 3.08. The minimum atomic E-state index is -0.978. The molecule has 1 aromatic heterocycles. The lowest BCUT2D eigenvalue weighted by Gasteiger charge is -2.13. The smallest absolute Gasteiger partial charge is 0.340 e. The van der Waals surface area contributed by atoms with Crippen molar-refractivity contribution in [3.63, 3.8) is 0 Å². The van der Waals surface area contributed by atoms with Gasteiger partial charge in [-0.05, 0) is 31.0 Å². The maximum absolute atomic E-state index is 11.5. The van der Waals surface area contributed by atoms with Crippen LogP contribution in [0.3, 0.4) is 0 Å². The van der Waals surface area contributed by atoms with E-state index in [9.17, 15) is 9.90 Å². The minimum absolute atomic E-state index is 0.207. The number of hydrogen-bond acceptors (Lipinski definition) is 3. The highest BCUT2D eigenvalue weighted by Crippen LogP contribution is 2.30. The standard InChI is InChI=1S/C15H16N2O2/c1-9-4-5-10(2)12(8-9)11-6-7-17-14(16-3)13(11)15(18)19/h4-8H,1-3H3,(H,16,17)(H,18,19). The van der Waals surface area contributed by atoms with Crippen molar-refractivity contribution in [2.75, 3.05) is 12.4 Å². The van der Waals surface area contributed by atoms with Gasteiger partial charge in [0.1, 0.15) is 11.4 Å². The van der Waals surface area contributed by atoms with Crippen molar-refractivity contribution in [1.29, 1.82) is 0 Å². The Kier molecular flexibility index (Phi) is 3.51. The molecule has 0 radical (unpaired) electrons. The molecule has 1 heterocycles. The maximum atomic E-state index is 11.5. The first-order valence-corrected chi connectivity index (χ1v) is 6.02. The fraction of sp³-hybridized carbons (Fsp3) is 0.200. The van der Waals surface area contributed by atoms with E-state index in [0.29, 0.717) is 11.4 Å². The summed E-state index contributed by atoms with van der Waals surface area (Å²) >= 11 is 0. The summed E-state index contributed by atoms with van der Waals surface area (Å²) in [7, 11) is 1.67. The van der Waals surface area contributed by atoms with E-state index in [-0.39, 0.29) is 5.56 Å². The van der Waals surface area contributed by atoms with Crippen molar-refractivity contribution >= 4 is 11.8 Å². The molecule has 98 valence electrons. The average molecular weight is 256 g/mol. The minimum Gasteiger partial charge on any atom is -0.478 e. The molecule has 1 aromatic carbocycles. The van der Waals surface area contributed by atoms with Crippen LogP contribution in [0.25, 0.3) is 11.1 Å². The Morgan fingerprint density at radius 2 is 1.95 bits per heavy atom. The van der Waals surface area contributed by atoms with E-state index in [4.69, 9.17) is 0 Å². The molecule has 0 unspecified atom stereocenters. The molecule has 0 saturated heterocycles. The first-order chi connectivity index (χ1) is 9.04. The Labute approximate surface area is 112 Å². The molecule has 19 heavy (non-hydrogen) atoms. The number of pyridine rings is 1. The predicted molar refractivity (Wildman–Crippen MR) is 75.7 cm³/mol. The van der Waals surface area contributed by atoms with Crippen LogP contribution >= 0.6 is 0 Å². The number of aromatic carboxylic acids is 1. The molecule has 2 N–H and O–H groups in total. The lowest BCUT2D eigenvalue weighted by Crippen LogP contribution is -2.07. The summed E-state index contributed by atoms with van der Waals surface area (Å²) in [4.78, 5) is 15.6. The lowest BCUT2D eigenvalue weighted by molar-refractivity contribution is 0.0698. The van der Waals surface area contributed by atoms with E-state index < -0.39 is 5.97 Å². The van der Waals surface area contributed by atoms with Crippen LogP contribution in [0, 0.1) is 13.8 Å². The SMILES string of the molecule is CNc1nccc(-c2cc(C)ccc2C)c1C(=O)O. The van der Waals surface area contributed by atoms with Gasteiger partial charge < -0.3 is 10.4 Å². The predicted octanol–water partition coefficient (Wildman–Crippen LogP) is 3.11. The van der Waals surface area contributed by atoms with Gasteiger partial charge in [0, 0.05) is 18.8 Å². The van der Waals surface area contributed by atoms with E-state index in [1.165, 1.54) is 0 Å². The molecule has 0 aliphatic heterocycles. The Hall–Kier alpha value is -2.36. The summed E-state index contributed by atoms with van der Waals surface area (Å²) < 4.78 is 0. The van der Waals surface area contributed by atoms with E-state index >= 15 is 0 Å². The molecular formula is C15H16N2O2. The number of aryl methyl sites for hydroxylation is 2. The number of carboxylic acid groups (broad SMARTS) is 1. The Balaban J connectivity index is 2.75. The second kappa shape index (κ2) is 5.10. The highest BCUT2D eigenvalue weighted by atomic mass is 16.4. The molecule has 0 spiro atoms. The van der Waals surface area contributed by atoms with Crippen molar-refractivity contribution < 1.29 is 9.90 Å². The fourth-order valence-corrected chi connectivity index (χ4v) is 2.12. The normalized spacial score (nSPS) is 10.3. The number of carbonyl (C=O) groups is 1. The third kappa shape index (κ3) is 2.42. The first-order valence-electron chi connectivity index (χ1n) is 6.02. The van der Waals surface area contributed by atoms with E-state index in [1.807, 2.05) is 32.0 Å². The van der Waals surface area contributed by atoms with Crippen LogP contribution < -0.4 is 5.32 Å². The van der Waals surface area contributed by atoms with Gasteiger partial charge in [0.15, 0.2) is 0 Å². The van der Waals surface area contributed by atoms with Crippen molar-refractivity contribution in [1.82, 2.24) is 4.98 Å². The van der Waals surface area contributed by atoms with Gasteiger partial charge in [-0.25, -0.2) is 9.78 Å². The fourth-order valence-electron chi connectivity index (χ4n) is 2.12. The number of carboxylic acids is 1. The Bertz CT molecular complexity index is 636. The van der Waals surface area contributed by atoms with Crippen molar-refractivity contribution in [2.24, 2.45) is 0 Å². The van der Waals surface area contributed by atoms with Crippen molar-refractivity contribution in [3.05, 3.63) is 47.2 Å². The molecule has 2 aromatic rings. The Morgan fingerprint density at radius 1 is 1.21 bits per heavy atom. The summed E-state index contributed by atoms with van der Waals surface area (Å²) in [5.74, 6) is -0.598. The van der Waals surface area contributed by atoms with Crippen LogP contribution in [0.4, 0.5) is 5.82 Å². The molecule has 0 atom stereocenters. The highest BCUT2D eigenvalue weighted by molar-refractivity contribution is 6.01. The van der Waals surface area contributed by atoms with Crippen molar-refractivity contribution in [2.45, 2.75) is 13.8 Å². The van der Waals surface area contributed by atoms with Crippen LogP contribution in [0.2, 0.25) is 0 Å². The second-order valence-corrected chi connectivity index (χ2v) is 4.46. The van der Waals surface area contributed by atoms with Crippen LogP contribution in [0.15, 0.2) is 30.5 Å². The van der Waals surface area contributed by atoms with Crippen LogP contribution in [0.1, 0.15) is 21.5 Å². The number of hydrogen-bond donors (Lipinski definition) is 2. The van der Waals surface area contributed by atoms with Gasteiger partial charge in [0.05, 0.1) is 0 Å². The number of benzene rings is 1. The van der Waals surface area contributed by atoms with E-state index in [2.05, 4.69) is 10.3 Å². The zero-order valence-electron chi connectivity index (χ0n) is 11.2. The van der Waals surface area contributed by atoms with E-state index in [1.54, 1.807) is 19.3 Å². The molecule has 0 aliphatic carbocycles. The molecule has 4 nitrogen and oxygen atoms in total. The second-order valence-electron chi connectivity index (χ2n) is 4.46. The lowest BCUT2D eigenvalue weighted by atomic mass is 9.95. The van der Waals surface area contributed by atoms with Gasteiger partial charge in [-0.15, -0.1) is 0 Å². The number of rotatable bonds is 3. The zero-order chi connectivity index (χ0) is 14.0. The quantitative estimate of drug-likeness (QED) is 0.885. The summed E-state index contributed by atoms with van der Waals surface area (Å²) in [5.41, 5.74) is 3.96. The van der Waals surface area contributed by atoms with Gasteiger partial charge in [-0.1, -0.05) is 23.8 Å². The first kappa shape index (κ1) is 13.1. The van der Waals surface area contributed by atoms with Gasteiger partial charge in [-0.3, -0.25) is 0 Å².